The van der Waals surface area contributed by atoms with Crippen molar-refractivity contribution >= 4 is 0 Å². The molecule has 110 valence electrons. The Bertz CT molecular complexity index is 435. The molecular weight excluding hydrogens is 250 g/mol. The first-order valence-electron chi connectivity index (χ1n) is 7.87. The number of ether oxygens (including phenoxy) is 1. The van der Waals surface area contributed by atoms with Gasteiger partial charge in [0.25, 0.3) is 0 Å². The van der Waals surface area contributed by atoms with Crippen molar-refractivity contribution in [1.29, 1.82) is 0 Å². The van der Waals surface area contributed by atoms with E-state index in [2.05, 4.69) is 0 Å². The van der Waals surface area contributed by atoms with Crippen LogP contribution in [0.2, 0.25) is 0 Å². The van der Waals surface area contributed by atoms with E-state index in [1.807, 2.05) is 31.2 Å². The average molecular weight is 275 g/mol. The molecule has 4 atom stereocenters. The number of rotatable bonds is 6. The van der Waals surface area contributed by atoms with E-state index in [9.17, 15) is 5.11 Å². The number of aliphatic hydroxyl groups excluding tert-OH is 1. The maximum Gasteiger partial charge on any atom is 0.119 e. The molecule has 1 aromatic carbocycles. The maximum atomic E-state index is 10.7. The van der Waals surface area contributed by atoms with Crippen LogP contribution in [0.1, 0.15) is 37.7 Å². The molecule has 3 rings (SSSR count). The minimum atomic E-state index is -0.284. The van der Waals surface area contributed by atoms with E-state index in [-0.39, 0.29) is 12.0 Å². The molecule has 0 spiro atoms. The number of fused-ring (bicyclic) bond motifs is 1. The Morgan fingerprint density at radius 2 is 1.90 bits per heavy atom. The van der Waals surface area contributed by atoms with E-state index in [1.54, 1.807) is 0 Å². The predicted molar refractivity (Wildman–Crippen MR) is 79.7 cm³/mol. The van der Waals surface area contributed by atoms with Gasteiger partial charge in [-0.15, -0.1) is 0 Å². The first kappa shape index (κ1) is 13.9. The van der Waals surface area contributed by atoms with Gasteiger partial charge in [0.2, 0.25) is 0 Å². The molecule has 20 heavy (non-hydrogen) atoms. The second-order valence-electron chi connectivity index (χ2n) is 6.17. The van der Waals surface area contributed by atoms with Crippen LogP contribution in [0.25, 0.3) is 0 Å². The molecule has 2 fully saturated rings. The van der Waals surface area contributed by atoms with Gasteiger partial charge in [0.05, 0.1) is 12.7 Å². The Hall–Kier alpha value is -1.06. The topological polar surface area (TPSA) is 55.5 Å². The zero-order valence-corrected chi connectivity index (χ0v) is 12.2. The molecule has 0 saturated heterocycles. The number of benzene rings is 1. The van der Waals surface area contributed by atoms with Crippen molar-refractivity contribution in [3.8, 4) is 5.75 Å². The van der Waals surface area contributed by atoms with Crippen molar-refractivity contribution in [1.82, 2.24) is 0 Å². The quantitative estimate of drug-likeness (QED) is 0.839. The lowest BCUT2D eigenvalue weighted by Crippen LogP contribution is -2.29. The van der Waals surface area contributed by atoms with Gasteiger partial charge in [-0.2, -0.15) is 0 Å². The summed E-state index contributed by atoms with van der Waals surface area (Å²) in [5.41, 5.74) is 7.06. The van der Waals surface area contributed by atoms with Crippen LogP contribution in [0.4, 0.5) is 0 Å². The fraction of sp³-hybridized carbons (Fsp3) is 0.647. The van der Waals surface area contributed by atoms with Crippen LogP contribution in [-0.2, 0) is 0 Å². The Morgan fingerprint density at radius 3 is 2.45 bits per heavy atom. The molecule has 1 aromatic rings. The van der Waals surface area contributed by atoms with Gasteiger partial charge in [-0.05, 0) is 55.2 Å². The highest BCUT2D eigenvalue weighted by Gasteiger charge is 2.56. The minimum absolute atomic E-state index is 0.0567. The number of aliphatic hydroxyl groups is 1. The molecule has 3 heteroatoms. The lowest BCUT2D eigenvalue weighted by Gasteiger charge is -2.23. The van der Waals surface area contributed by atoms with Gasteiger partial charge >= 0.3 is 0 Å². The highest BCUT2D eigenvalue weighted by atomic mass is 16.5. The second kappa shape index (κ2) is 5.74. The molecule has 0 amide bonds. The Balaban J connectivity index is 1.69. The Labute approximate surface area is 121 Å². The molecule has 0 bridgehead atoms. The zero-order valence-electron chi connectivity index (χ0n) is 12.2. The fourth-order valence-electron chi connectivity index (χ4n) is 4.10. The molecule has 0 heterocycles. The Kier molecular flexibility index (Phi) is 3.99. The summed E-state index contributed by atoms with van der Waals surface area (Å²) in [4.78, 5) is 0. The van der Waals surface area contributed by atoms with E-state index in [4.69, 9.17) is 10.5 Å². The van der Waals surface area contributed by atoms with Crippen molar-refractivity contribution in [3.63, 3.8) is 0 Å². The van der Waals surface area contributed by atoms with Crippen LogP contribution >= 0.6 is 0 Å². The van der Waals surface area contributed by atoms with Crippen molar-refractivity contribution in [2.24, 2.45) is 23.5 Å². The number of hydrogen-bond donors (Lipinski definition) is 2. The molecule has 0 aromatic heterocycles. The van der Waals surface area contributed by atoms with Gasteiger partial charge in [-0.3, -0.25) is 0 Å². The van der Waals surface area contributed by atoms with Crippen molar-refractivity contribution in [2.45, 2.75) is 38.2 Å². The first-order valence-corrected chi connectivity index (χ1v) is 7.87. The third kappa shape index (κ3) is 2.45. The molecule has 3 N–H and O–H groups in total. The second-order valence-corrected chi connectivity index (χ2v) is 6.17. The third-order valence-electron chi connectivity index (χ3n) is 5.15. The van der Waals surface area contributed by atoms with E-state index < -0.39 is 0 Å². The minimum Gasteiger partial charge on any atom is -0.494 e. The van der Waals surface area contributed by atoms with Crippen LogP contribution in [0.3, 0.4) is 0 Å². The molecular formula is C17H25NO2. The summed E-state index contributed by atoms with van der Waals surface area (Å²) < 4.78 is 5.46. The first-order chi connectivity index (χ1) is 9.76. The maximum absolute atomic E-state index is 10.7. The van der Waals surface area contributed by atoms with Crippen molar-refractivity contribution in [2.75, 3.05) is 13.2 Å². The van der Waals surface area contributed by atoms with Crippen LogP contribution in [-0.4, -0.2) is 24.4 Å². The third-order valence-corrected chi connectivity index (χ3v) is 5.15. The monoisotopic (exact) mass is 275 g/mol. The number of hydrogen-bond acceptors (Lipinski definition) is 3. The number of nitrogens with two attached hydrogens (primary N) is 1. The standard InChI is InChI=1S/C17H25NO2/c1-2-20-12-8-6-11(7-9-12)15(10-18)17(19)16-13-4-3-5-14(13)16/h6-9,13-17,19H,2-5,10,18H2,1H3. The highest BCUT2D eigenvalue weighted by molar-refractivity contribution is 5.31. The highest BCUT2D eigenvalue weighted by Crippen LogP contribution is 2.60. The summed E-state index contributed by atoms with van der Waals surface area (Å²) in [6.07, 6.45) is 3.66. The zero-order chi connectivity index (χ0) is 14.1. The largest absolute Gasteiger partial charge is 0.494 e. The van der Waals surface area contributed by atoms with Gasteiger partial charge in [0.1, 0.15) is 5.75 Å². The summed E-state index contributed by atoms with van der Waals surface area (Å²) in [5.74, 6) is 2.96. The van der Waals surface area contributed by atoms with Crippen LogP contribution in [0, 0.1) is 17.8 Å². The summed E-state index contributed by atoms with van der Waals surface area (Å²) in [5, 5.41) is 10.7. The molecule has 0 radical (unpaired) electrons. The van der Waals surface area contributed by atoms with E-state index in [0.29, 0.717) is 19.1 Å². The predicted octanol–water partition coefficient (Wildman–Crippen LogP) is 2.53. The SMILES string of the molecule is CCOc1ccc(C(CN)C(O)C2C3CCCC32)cc1. The summed E-state index contributed by atoms with van der Waals surface area (Å²) in [6.45, 7) is 3.16. The Morgan fingerprint density at radius 1 is 1.25 bits per heavy atom. The molecule has 4 unspecified atom stereocenters. The smallest absolute Gasteiger partial charge is 0.119 e. The van der Waals surface area contributed by atoms with Gasteiger partial charge in [0, 0.05) is 12.5 Å². The lowest BCUT2D eigenvalue weighted by molar-refractivity contribution is 0.108. The van der Waals surface area contributed by atoms with Crippen molar-refractivity contribution in [3.05, 3.63) is 29.8 Å². The lowest BCUT2D eigenvalue weighted by atomic mass is 9.88. The molecule has 2 aliphatic carbocycles. The van der Waals surface area contributed by atoms with Crippen LogP contribution < -0.4 is 10.5 Å². The van der Waals surface area contributed by atoms with Gasteiger partial charge in [0.15, 0.2) is 0 Å². The van der Waals surface area contributed by atoms with Gasteiger partial charge in [-0.1, -0.05) is 18.6 Å². The van der Waals surface area contributed by atoms with E-state index in [0.717, 1.165) is 23.1 Å². The van der Waals surface area contributed by atoms with Crippen LogP contribution in [0.15, 0.2) is 24.3 Å². The van der Waals surface area contributed by atoms with E-state index >= 15 is 0 Å². The summed E-state index contributed by atoms with van der Waals surface area (Å²) in [7, 11) is 0. The average Bonchev–Trinajstić information content (AvgIpc) is 2.94. The summed E-state index contributed by atoms with van der Waals surface area (Å²) in [6, 6.07) is 8.04. The van der Waals surface area contributed by atoms with Crippen LogP contribution in [0.5, 0.6) is 5.75 Å². The molecule has 0 aliphatic heterocycles. The van der Waals surface area contributed by atoms with Gasteiger partial charge in [-0.25, -0.2) is 0 Å². The summed E-state index contributed by atoms with van der Waals surface area (Å²) >= 11 is 0. The van der Waals surface area contributed by atoms with Gasteiger partial charge < -0.3 is 15.6 Å². The van der Waals surface area contributed by atoms with E-state index in [1.165, 1.54) is 19.3 Å². The molecule has 2 aliphatic rings. The fourth-order valence-corrected chi connectivity index (χ4v) is 4.10. The van der Waals surface area contributed by atoms with Crippen molar-refractivity contribution < 1.29 is 9.84 Å². The molecule has 2 saturated carbocycles. The normalized spacial score (nSPS) is 30.6. The molecule has 3 nitrogen and oxygen atoms in total.